The molecule has 0 unspecified atom stereocenters. The molecule has 5 nitrogen and oxygen atoms in total. The molecule has 0 radical (unpaired) electrons. The quantitative estimate of drug-likeness (QED) is 0.161. The molecular weight excluding hydrogens is 964 g/mol. The smallest absolute Gasteiger partial charge is 0.503 e. The second kappa shape index (κ2) is 14.5. The van der Waals surface area contributed by atoms with Crippen molar-refractivity contribution in [2.24, 2.45) is 4.99 Å². The van der Waals surface area contributed by atoms with E-state index in [0.717, 1.165) is 40.1 Å². The van der Waals surface area contributed by atoms with Gasteiger partial charge >= 0.3 is 21.1 Å². The van der Waals surface area contributed by atoms with E-state index < -0.39 is 11.1 Å². The molecule has 0 N–H and O–H groups in total. The van der Waals surface area contributed by atoms with Gasteiger partial charge in [0.15, 0.2) is 0 Å². The van der Waals surface area contributed by atoms with Crippen molar-refractivity contribution in [1.29, 1.82) is 0 Å². The Morgan fingerprint density at radius 2 is 1.44 bits per heavy atom. The van der Waals surface area contributed by atoms with Crippen LogP contribution in [0.4, 0.5) is 5.69 Å². The largest absolute Gasteiger partial charge is 2.00 e. The minimum Gasteiger partial charge on any atom is -0.503 e. The van der Waals surface area contributed by atoms with E-state index in [0.29, 0.717) is 11.5 Å². The summed E-state index contributed by atoms with van der Waals surface area (Å²) in [4.78, 5) is 13.5. The van der Waals surface area contributed by atoms with E-state index in [1.54, 1.807) is 0 Å². The number of anilines is 1. The van der Waals surface area contributed by atoms with Gasteiger partial charge in [-0.1, -0.05) is 109 Å². The SMILES string of the molecule is Cc1cc2c3cc(C(C)(C)C)cc4c3n(c2[c-]c1Oc1[c-]c(C2=N[C@]3(C)Cc5c(ccc(C)c5C)[C@]3(C)N2c2c(C)c(C)cc(C)c2C)cc(C(C)C)c1)-c1ncccc1C4(C)C.[Pt+2]. The number of rotatable bonds is 5. The Morgan fingerprint density at radius 3 is 2.11 bits per heavy atom. The maximum Gasteiger partial charge on any atom is 2.00 e. The van der Waals surface area contributed by atoms with E-state index in [1.165, 1.54) is 83.4 Å². The van der Waals surface area contributed by atoms with E-state index in [4.69, 9.17) is 14.7 Å². The summed E-state index contributed by atoms with van der Waals surface area (Å²) in [5, 5.41) is 2.39. The monoisotopic (exact) mass is 1030 g/mol. The molecule has 10 rings (SSSR count). The maximum atomic E-state index is 7.10. The zero-order valence-corrected chi connectivity index (χ0v) is 42.9. The Bertz CT molecular complexity index is 3150. The van der Waals surface area contributed by atoms with Crippen LogP contribution in [0.3, 0.4) is 0 Å². The van der Waals surface area contributed by atoms with E-state index in [9.17, 15) is 0 Å². The fraction of sp³-hybridized carbons (Fsp3) is 0.379. The van der Waals surface area contributed by atoms with E-state index in [1.807, 2.05) is 6.20 Å². The number of aromatic nitrogens is 2. The zero-order valence-electron chi connectivity index (χ0n) is 40.6. The van der Waals surface area contributed by atoms with Crippen molar-refractivity contribution in [1.82, 2.24) is 9.55 Å². The molecule has 0 spiro atoms. The van der Waals surface area contributed by atoms with Gasteiger partial charge in [0.2, 0.25) is 0 Å². The van der Waals surface area contributed by atoms with Crippen molar-refractivity contribution >= 4 is 33.3 Å². The first-order valence-electron chi connectivity index (χ1n) is 22.9. The van der Waals surface area contributed by atoms with Gasteiger partial charge in [-0.05, 0) is 140 Å². The third kappa shape index (κ3) is 6.04. The fourth-order valence-corrected chi connectivity index (χ4v) is 11.2. The normalized spacial score (nSPS) is 19.5. The van der Waals surface area contributed by atoms with Crippen LogP contribution in [0, 0.1) is 60.6 Å². The van der Waals surface area contributed by atoms with Crippen LogP contribution in [0.5, 0.6) is 11.5 Å². The molecule has 0 fully saturated rings. The number of benzene rings is 5. The number of hydrogen-bond donors (Lipinski definition) is 0. The standard InChI is InChI=1S/C58H62N4O.Pt/c1-31(2)39-24-40(53-60-57(15)30-45-36(7)32(3)19-20-46(45)58(57,16)62(53)51-37(8)33(4)22-34(5)38(51)9)26-42(25-39)63-50-29-49-43(23-35(50)6)44-27-41(55(10,11)12)28-48-52(44)61(49)54-47(56(48,13)14)18-17-21-59-54;/h17-25,27-28,31H,30H2,1-16H3;/q-2;+2/t57-,58+;/m1./s1. The molecule has 5 aromatic carbocycles. The number of ether oxygens (including phenoxy) is 1. The van der Waals surface area contributed by atoms with Gasteiger partial charge in [-0.3, -0.25) is 0 Å². The average molecular weight is 1030 g/mol. The maximum absolute atomic E-state index is 7.10. The van der Waals surface area contributed by atoms with Gasteiger partial charge in [0, 0.05) is 39.9 Å². The van der Waals surface area contributed by atoms with Crippen LogP contribution < -0.4 is 9.64 Å². The third-order valence-electron chi connectivity index (χ3n) is 15.8. The van der Waals surface area contributed by atoms with Crippen LogP contribution in [0.1, 0.15) is 146 Å². The molecule has 7 aromatic rings. The summed E-state index contributed by atoms with van der Waals surface area (Å²) >= 11 is 0. The Hall–Kier alpha value is -4.99. The number of aliphatic imine (C=N–C) groups is 1. The Kier molecular flexibility index (Phi) is 10.0. The van der Waals surface area contributed by atoms with Gasteiger partial charge in [0.1, 0.15) is 5.82 Å². The third-order valence-corrected chi connectivity index (χ3v) is 15.8. The van der Waals surface area contributed by atoms with Gasteiger partial charge < -0.3 is 19.2 Å². The van der Waals surface area contributed by atoms with Crippen LogP contribution >= 0.6 is 0 Å². The molecule has 6 heteroatoms. The molecule has 0 bridgehead atoms. The van der Waals surface area contributed by atoms with Crippen molar-refractivity contribution in [3.63, 3.8) is 0 Å². The van der Waals surface area contributed by atoms with E-state index >= 15 is 0 Å². The Morgan fingerprint density at radius 1 is 0.734 bits per heavy atom. The van der Waals surface area contributed by atoms with E-state index in [2.05, 4.69) is 193 Å². The molecule has 2 atom stereocenters. The van der Waals surface area contributed by atoms with Gasteiger partial charge in [0.05, 0.1) is 16.9 Å². The summed E-state index contributed by atoms with van der Waals surface area (Å²) < 4.78 is 9.43. The minimum atomic E-state index is -0.438. The van der Waals surface area contributed by atoms with Crippen LogP contribution in [-0.2, 0) is 43.9 Å². The molecule has 4 heterocycles. The topological polar surface area (TPSA) is 42.6 Å². The predicted molar refractivity (Wildman–Crippen MR) is 262 cm³/mol. The van der Waals surface area contributed by atoms with Crippen molar-refractivity contribution < 1.29 is 25.8 Å². The molecule has 2 aliphatic heterocycles. The summed E-state index contributed by atoms with van der Waals surface area (Å²) in [5.41, 5.74) is 19.9. The first-order chi connectivity index (χ1) is 29.6. The Labute approximate surface area is 395 Å². The van der Waals surface area contributed by atoms with Gasteiger partial charge in [0.25, 0.3) is 0 Å². The number of nitrogens with zero attached hydrogens (tertiary/aromatic N) is 4. The summed E-state index contributed by atoms with van der Waals surface area (Å²) in [5.74, 6) is 3.49. The zero-order chi connectivity index (χ0) is 45.0. The molecular formula is C58H62N4OPt. The van der Waals surface area contributed by atoms with Crippen molar-refractivity contribution in [3.8, 4) is 17.3 Å². The molecule has 3 aliphatic rings. The number of amidine groups is 1. The minimum absolute atomic E-state index is 0. The number of pyridine rings is 1. The van der Waals surface area contributed by atoms with Crippen LogP contribution in [-0.4, -0.2) is 20.9 Å². The van der Waals surface area contributed by atoms with Crippen LogP contribution in [0.25, 0.3) is 27.6 Å². The number of aryl methyl sites for hydroxylation is 4. The van der Waals surface area contributed by atoms with Gasteiger partial charge in [-0.15, -0.1) is 34.2 Å². The second-order valence-electron chi connectivity index (χ2n) is 21.4. The molecule has 2 aromatic heterocycles. The summed E-state index contributed by atoms with van der Waals surface area (Å²) in [6, 6.07) is 30.6. The van der Waals surface area contributed by atoms with Crippen LogP contribution in [0.15, 0.2) is 71.9 Å². The fourth-order valence-electron chi connectivity index (χ4n) is 11.2. The molecule has 64 heavy (non-hydrogen) atoms. The number of hydrogen-bond acceptors (Lipinski definition) is 4. The molecule has 0 saturated heterocycles. The first kappa shape index (κ1) is 44.2. The first-order valence-corrected chi connectivity index (χ1v) is 22.9. The van der Waals surface area contributed by atoms with Crippen molar-refractivity contribution in [2.75, 3.05) is 4.90 Å². The molecule has 0 amide bonds. The number of fused-ring (bicyclic) bond motifs is 8. The average Bonchev–Trinajstić information content (AvgIpc) is 3.75. The summed E-state index contributed by atoms with van der Waals surface area (Å²) in [6.45, 7) is 36.6. The summed E-state index contributed by atoms with van der Waals surface area (Å²) in [6.07, 6.45) is 2.78. The van der Waals surface area contributed by atoms with E-state index in [-0.39, 0.29) is 37.8 Å². The molecule has 0 saturated carbocycles. The molecule has 1 aliphatic carbocycles. The van der Waals surface area contributed by atoms with Crippen molar-refractivity contribution in [3.05, 3.63) is 157 Å². The van der Waals surface area contributed by atoms with Gasteiger partial charge in [-0.2, -0.15) is 6.07 Å². The van der Waals surface area contributed by atoms with Crippen LogP contribution in [0.2, 0.25) is 0 Å². The predicted octanol–water partition coefficient (Wildman–Crippen LogP) is 14.3. The Balaban J connectivity index is 0.00000518. The van der Waals surface area contributed by atoms with Crippen molar-refractivity contribution in [2.45, 2.75) is 145 Å². The van der Waals surface area contributed by atoms with Gasteiger partial charge in [-0.25, -0.2) is 4.98 Å². The summed E-state index contributed by atoms with van der Waals surface area (Å²) in [7, 11) is 0. The molecule has 330 valence electrons. The second-order valence-corrected chi connectivity index (χ2v) is 21.4.